The van der Waals surface area contributed by atoms with Crippen LogP contribution in [0.1, 0.15) is 16.5 Å². The van der Waals surface area contributed by atoms with E-state index in [1.165, 1.54) is 0 Å². The molecule has 90 valence electrons. The molecular formula is C12H13ClN2OS. The predicted molar refractivity (Wildman–Crippen MR) is 71.5 cm³/mol. The number of ether oxygens (including phenoxy) is 1. The highest BCUT2D eigenvalue weighted by Crippen LogP contribution is 2.34. The lowest BCUT2D eigenvalue weighted by molar-refractivity contribution is 0.408. The van der Waals surface area contributed by atoms with Gasteiger partial charge < -0.3 is 4.74 Å². The van der Waals surface area contributed by atoms with Gasteiger partial charge in [-0.05, 0) is 29.1 Å². The van der Waals surface area contributed by atoms with Gasteiger partial charge in [-0.2, -0.15) is 0 Å². The molecule has 1 heterocycles. The number of rotatable bonds is 4. The molecule has 0 fully saturated rings. The van der Waals surface area contributed by atoms with Gasteiger partial charge in [-0.3, -0.25) is 5.84 Å². The van der Waals surface area contributed by atoms with Crippen LogP contribution in [0.2, 0.25) is 5.02 Å². The third-order valence-electron chi connectivity index (χ3n) is 2.51. The van der Waals surface area contributed by atoms with Gasteiger partial charge >= 0.3 is 0 Å². The molecule has 0 radical (unpaired) electrons. The minimum Gasteiger partial charge on any atom is -0.496 e. The van der Waals surface area contributed by atoms with Crippen molar-refractivity contribution in [3.63, 3.8) is 0 Å². The van der Waals surface area contributed by atoms with Crippen LogP contribution in [0.15, 0.2) is 35.7 Å². The number of hydrazine groups is 1. The van der Waals surface area contributed by atoms with Gasteiger partial charge in [0.2, 0.25) is 0 Å². The standard InChI is InChI=1S/C12H13ClN2OS/c1-16-10-6-7-17-12(10)11(15-14)8-2-4-9(13)5-3-8/h2-7,11,15H,14H2,1H3. The number of nitrogens with two attached hydrogens (primary N) is 1. The fourth-order valence-corrected chi connectivity index (χ4v) is 2.74. The van der Waals surface area contributed by atoms with Crippen LogP contribution in [-0.2, 0) is 0 Å². The van der Waals surface area contributed by atoms with Crippen LogP contribution in [0.25, 0.3) is 0 Å². The molecule has 0 saturated heterocycles. The minimum absolute atomic E-state index is 0.0813. The van der Waals surface area contributed by atoms with Gasteiger partial charge in [0.15, 0.2) is 0 Å². The van der Waals surface area contributed by atoms with E-state index in [9.17, 15) is 0 Å². The van der Waals surface area contributed by atoms with E-state index < -0.39 is 0 Å². The molecule has 3 nitrogen and oxygen atoms in total. The van der Waals surface area contributed by atoms with Crippen LogP contribution in [0.4, 0.5) is 0 Å². The van der Waals surface area contributed by atoms with Gasteiger partial charge in [0.05, 0.1) is 18.0 Å². The molecule has 2 aromatic rings. The highest BCUT2D eigenvalue weighted by Gasteiger charge is 2.18. The van der Waals surface area contributed by atoms with Crippen molar-refractivity contribution in [1.29, 1.82) is 0 Å². The zero-order valence-corrected chi connectivity index (χ0v) is 10.9. The smallest absolute Gasteiger partial charge is 0.134 e. The van der Waals surface area contributed by atoms with Crippen molar-refractivity contribution in [3.05, 3.63) is 51.2 Å². The normalized spacial score (nSPS) is 12.4. The molecular weight excluding hydrogens is 256 g/mol. The Morgan fingerprint density at radius 1 is 1.29 bits per heavy atom. The van der Waals surface area contributed by atoms with Gasteiger partial charge in [0, 0.05) is 5.02 Å². The average Bonchev–Trinajstić information content (AvgIpc) is 2.81. The van der Waals surface area contributed by atoms with E-state index in [1.54, 1.807) is 18.4 Å². The van der Waals surface area contributed by atoms with E-state index in [1.807, 2.05) is 35.7 Å². The second kappa shape index (κ2) is 5.51. The molecule has 2 rings (SSSR count). The van der Waals surface area contributed by atoms with E-state index in [4.69, 9.17) is 22.2 Å². The van der Waals surface area contributed by atoms with Gasteiger partial charge in [-0.1, -0.05) is 23.7 Å². The van der Waals surface area contributed by atoms with E-state index in [-0.39, 0.29) is 6.04 Å². The van der Waals surface area contributed by atoms with Crippen LogP contribution in [0, 0.1) is 0 Å². The maximum atomic E-state index is 5.87. The summed E-state index contributed by atoms with van der Waals surface area (Å²) in [6.45, 7) is 0. The summed E-state index contributed by atoms with van der Waals surface area (Å²) < 4.78 is 5.30. The lowest BCUT2D eigenvalue weighted by Crippen LogP contribution is -2.28. The second-order valence-corrected chi connectivity index (χ2v) is 4.89. The number of thiophene rings is 1. The van der Waals surface area contributed by atoms with Gasteiger partial charge in [-0.15, -0.1) is 11.3 Å². The van der Waals surface area contributed by atoms with Crippen molar-refractivity contribution in [1.82, 2.24) is 5.43 Å². The number of halogens is 1. The Kier molecular flexibility index (Phi) is 4.02. The number of hydrogen-bond acceptors (Lipinski definition) is 4. The van der Waals surface area contributed by atoms with Gasteiger partial charge in [0.1, 0.15) is 5.75 Å². The summed E-state index contributed by atoms with van der Waals surface area (Å²) in [6.07, 6.45) is 0. The van der Waals surface area contributed by atoms with Crippen LogP contribution >= 0.6 is 22.9 Å². The van der Waals surface area contributed by atoms with E-state index >= 15 is 0 Å². The average molecular weight is 269 g/mol. The van der Waals surface area contributed by atoms with Crippen LogP contribution < -0.4 is 16.0 Å². The first-order valence-corrected chi connectivity index (χ1v) is 6.35. The third kappa shape index (κ3) is 2.61. The topological polar surface area (TPSA) is 47.3 Å². The molecule has 1 aromatic heterocycles. The van der Waals surface area contributed by atoms with Crippen molar-refractivity contribution < 1.29 is 4.74 Å². The number of nitrogens with one attached hydrogen (secondary N) is 1. The fourth-order valence-electron chi connectivity index (χ4n) is 1.67. The minimum atomic E-state index is -0.0813. The number of methoxy groups -OCH3 is 1. The summed E-state index contributed by atoms with van der Waals surface area (Å²) in [5.74, 6) is 6.47. The van der Waals surface area contributed by atoms with Crippen LogP contribution in [0.5, 0.6) is 5.75 Å². The van der Waals surface area contributed by atoms with Gasteiger partial charge in [-0.25, -0.2) is 5.43 Å². The Bertz CT molecular complexity index is 484. The van der Waals surface area contributed by atoms with E-state index in [0.717, 1.165) is 16.2 Å². The van der Waals surface area contributed by atoms with Gasteiger partial charge in [0.25, 0.3) is 0 Å². The Morgan fingerprint density at radius 3 is 2.59 bits per heavy atom. The fraction of sp³-hybridized carbons (Fsp3) is 0.167. The van der Waals surface area contributed by atoms with Crippen LogP contribution in [0.3, 0.4) is 0 Å². The summed E-state index contributed by atoms with van der Waals surface area (Å²) in [5, 5.41) is 2.69. The zero-order chi connectivity index (χ0) is 12.3. The summed E-state index contributed by atoms with van der Waals surface area (Å²) in [6, 6.07) is 9.45. The maximum absolute atomic E-state index is 5.87. The van der Waals surface area contributed by atoms with Crippen molar-refractivity contribution in [3.8, 4) is 5.75 Å². The van der Waals surface area contributed by atoms with Crippen LogP contribution in [-0.4, -0.2) is 7.11 Å². The molecule has 0 aliphatic heterocycles. The third-order valence-corrected chi connectivity index (χ3v) is 3.72. The molecule has 1 unspecified atom stereocenters. The van der Waals surface area contributed by atoms with Crippen molar-refractivity contribution >= 4 is 22.9 Å². The van der Waals surface area contributed by atoms with E-state index in [2.05, 4.69) is 5.43 Å². The SMILES string of the molecule is COc1ccsc1C(NN)c1ccc(Cl)cc1. The molecule has 1 atom stereocenters. The zero-order valence-electron chi connectivity index (χ0n) is 9.31. The predicted octanol–water partition coefficient (Wildman–Crippen LogP) is 2.96. The van der Waals surface area contributed by atoms with E-state index in [0.29, 0.717) is 5.02 Å². The summed E-state index contributed by atoms with van der Waals surface area (Å²) in [7, 11) is 1.65. The molecule has 0 spiro atoms. The lowest BCUT2D eigenvalue weighted by Gasteiger charge is -2.16. The molecule has 0 saturated carbocycles. The lowest BCUT2D eigenvalue weighted by atomic mass is 10.1. The Morgan fingerprint density at radius 2 is 2.00 bits per heavy atom. The van der Waals surface area contributed by atoms with Crippen molar-refractivity contribution in [2.24, 2.45) is 5.84 Å². The molecule has 0 amide bonds. The number of benzene rings is 1. The Hall–Kier alpha value is -1.07. The molecule has 0 bridgehead atoms. The molecule has 5 heteroatoms. The maximum Gasteiger partial charge on any atom is 0.134 e. The molecule has 17 heavy (non-hydrogen) atoms. The monoisotopic (exact) mass is 268 g/mol. The molecule has 1 aromatic carbocycles. The number of hydrogen-bond donors (Lipinski definition) is 2. The largest absolute Gasteiger partial charge is 0.496 e. The first-order valence-electron chi connectivity index (χ1n) is 5.09. The first kappa shape index (κ1) is 12.4. The Balaban J connectivity index is 2.36. The Labute approximate surface area is 109 Å². The molecule has 3 N–H and O–H groups in total. The molecule has 0 aliphatic rings. The highest BCUT2D eigenvalue weighted by atomic mass is 35.5. The first-order chi connectivity index (χ1) is 8.26. The van der Waals surface area contributed by atoms with Crippen molar-refractivity contribution in [2.45, 2.75) is 6.04 Å². The second-order valence-electron chi connectivity index (χ2n) is 3.50. The summed E-state index contributed by atoms with van der Waals surface area (Å²) in [4.78, 5) is 1.05. The highest BCUT2D eigenvalue weighted by molar-refractivity contribution is 7.10. The van der Waals surface area contributed by atoms with Crippen molar-refractivity contribution in [2.75, 3.05) is 7.11 Å². The summed E-state index contributed by atoms with van der Waals surface area (Å²) in [5.41, 5.74) is 3.86. The quantitative estimate of drug-likeness (QED) is 0.662. The summed E-state index contributed by atoms with van der Waals surface area (Å²) >= 11 is 7.47. The molecule has 0 aliphatic carbocycles.